The SMILES string of the molecule is CCNC(=NCC(=O)Nc1cccc(F)c1)NCC(C)(C)N1CCOCC1.I. The molecule has 0 spiro atoms. The third-order valence-corrected chi connectivity index (χ3v) is 4.39. The van der Waals surface area contributed by atoms with Crippen LogP contribution in [0.4, 0.5) is 10.1 Å². The summed E-state index contributed by atoms with van der Waals surface area (Å²) in [5, 5.41) is 9.09. The number of carbonyl (C=O) groups excluding carboxylic acids is 1. The minimum absolute atomic E-state index is 0. The maximum absolute atomic E-state index is 13.2. The second-order valence-corrected chi connectivity index (χ2v) is 7.02. The van der Waals surface area contributed by atoms with E-state index in [0.29, 0.717) is 24.7 Å². The van der Waals surface area contributed by atoms with Gasteiger partial charge in [0.2, 0.25) is 5.91 Å². The summed E-state index contributed by atoms with van der Waals surface area (Å²) in [6, 6.07) is 5.79. The third-order valence-electron chi connectivity index (χ3n) is 4.39. The molecule has 9 heteroatoms. The molecule has 1 saturated heterocycles. The zero-order chi connectivity index (χ0) is 19.7. The maximum Gasteiger partial charge on any atom is 0.246 e. The van der Waals surface area contributed by atoms with Gasteiger partial charge in [-0.3, -0.25) is 9.69 Å². The molecule has 1 aliphatic rings. The molecule has 1 amide bonds. The molecule has 0 unspecified atom stereocenters. The molecule has 2 rings (SSSR count). The number of anilines is 1. The second kappa shape index (κ2) is 12.2. The van der Waals surface area contributed by atoms with Crippen LogP contribution in [0.1, 0.15) is 20.8 Å². The molecule has 158 valence electrons. The lowest BCUT2D eigenvalue weighted by atomic mass is 10.0. The molecule has 1 fully saturated rings. The minimum atomic E-state index is -0.392. The van der Waals surface area contributed by atoms with Crippen LogP contribution in [0.15, 0.2) is 29.3 Å². The van der Waals surface area contributed by atoms with Gasteiger partial charge in [0, 0.05) is 37.4 Å². The number of benzene rings is 1. The number of guanidine groups is 1. The first kappa shape index (κ1) is 24.6. The van der Waals surface area contributed by atoms with E-state index in [-0.39, 0.29) is 42.0 Å². The van der Waals surface area contributed by atoms with Crippen molar-refractivity contribution < 1.29 is 13.9 Å². The number of hydrogen-bond donors (Lipinski definition) is 3. The van der Waals surface area contributed by atoms with Crippen molar-refractivity contribution in [3.63, 3.8) is 0 Å². The molecule has 1 aromatic rings. The van der Waals surface area contributed by atoms with Gasteiger partial charge in [-0.2, -0.15) is 0 Å². The average Bonchev–Trinajstić information content (AvgIpc) is 2.65. The Kier molecular flexibility index (Phi) is 10.7. The number of morpholine rings is 1. The van der Waals surface area contributed by atoms with Gasteiger partial charge in [-0.05, 0) is 39.0 Å². The monoisotopic (exact) mass is 507 g/mol. The van der Waals surface area contributed by atoms with Crippen LogP contribution in [0, 0.1) is 5.82 Å². The second-order valence-electron chi connectivity index (χ2n) is 7.02. The van der Waals surface area contributed by atoms with E-state index in [0.717, 1.165) is 26.3 Å². The molecule has 1 aromatic carbocycles. The summed E-state index contributed by atoms with van der Waals surface area (Å²) in [5.41, 5.74) is 0.352. The van der Waals surface area contributed by atoms with Crippen molar-refractivity contribution in [2.24, 2.45) is 4.99 Å². The molecule has 0 aromatic heterocycles. The minimum Gasteiger partial charge on any atom is -0.379 e. The Morgan fingerprint density at radius 3 is 2.64 bits per heavy atom. The molecular formula is C19H31FIN5O2. The normalized spacial score (nSPS) is 15.5. The summed E-state index contributed by atoms with van der Waals surface area (Å²) in [6.07, 6.45) is 0. The highest BCUT2D eigenvalue weighted by Gasteiger charge is 2.28. The fraction of sp³-hybridized carbons (Fsp3) is 0.579. The van der Waals surface area contributed by atoms with E-state index < -0.39 is 5.82 Å². The summed E-state index contributed by atoms with van der Waals surface area (Å²) in [6.45, 7) is 10.9. The fourth-order valence-electron chi connectivity index (χ4n) is 2.84. The number of rotatable bonds is 7. The van der Waals surface area contributed by atoms with Crippen LogP contribution in [0.25, 0.3) is 0 Å². The Morgan fingerprint density at radius 1 is 1.29 bits per heavy atom. The van der Waals surface area contributed by atoms with Crippen LogP contribution in [0.5, 0.6) is 0 Å². The van der Waals surface area contributed by atoms with Crippen molar-refractivity contribution in [1.29, 1.82) is 0 Å². The first-order valence-electron chi connectivity index (χ1n) is 9.31. The lowest BCUT2D eigenvalue weighted by Crippen LogP contribution is -2.56. The molecule has 0 bridgehead atoms. The molecule has 0 saturated carbocycles. The Balaban J connectivity index is 0.00000392. The van der Waals surface area contributed by atoms with Crippen LogP contribution in [-0.2, 0) is 9.53 Å². The van der Waals surface area contributed by atoms with Gasteiger partial charge >= 0.3 is 0 Å². The number of amides is 1. The van der Waals surface area contributed by atoms with Gasteiger partial charge in [-0.15, -0.1) is 24.0 Å². The van der Waals surface area contributed by atoms with E-state index >= 15 is 0 Å². The van der Waals surface area contributed by atoms with Crippen LogP contribution in [0.2, 0.25) is 0 Å². The molecule has 1 heterocycles. The molecule has 7 nitrogen and oxygen atoms in total. The molecule has 0 aliphatic carbocycles. The van der Waals surface area contributed by atoms with Gasteiger partial charge in [-0.1, -0.05) is 6.07 Å². The molecule has 0 atom stereocenters. The van der Waals surface area contributed by atoms with Gasteiger partial charge in [0.1, 0.15) is 12.4 Å². The maximum atomic E-state index is 13.2. The Hall–Kier alpha value is -1.46. The topological polar surface area (TPSA) is 78.0 Å². The number of ether oxygens (including phenoxy) is 1. The molecular weight excluding hydrogens is 476 g/mol. The summed E-state index contributed by atoms with van der Waals surface area (Å²) in [4.78, 5) is 18.8. The Labute approximate surface area is 183 Å². The van der Waals surface area contributed by atoms with Crippen molar-refractivity contribution >= 4 is 41.5 Å². The smallest absolute Gasteiger partial charge is 0.246 e. The molecule has 28 heavy (non-hydrogen) atoms. The predicted octanol–water partition coefficient (Wildman–Crippen LogP) is 2.05. The van der Waals surface area contributed by atoms with Gasteiger partial charge in [0.15, 0.2) is 5.96 Å². The number of aliphatic imine (C=N–C) groups is 1. The van der Waals surface area contributed by atoms with Gasteiger partial charge in [0.05, 0.1) is 13.2 Å². The van der Waals surface area contributed by atoms with Crippen LogP contribution in [0.3, 0.4) is 0 Å². The summed E-state index contributed by atoms with van der Waals surface area (Å²) in [5.74, 6) is -0.116. The quantitative estimate of drug-likeness (QED) is 0.299. The average molecular weight is 507 g/mol. The Bertz CT molecular complexity index is 651. The van der Waals surface area contributed by atoms with Crippen molar-refractivity contribution in [2.75, 3.05) is 51.3 Å². The number of nitrogens with one attached hydrogen (secondary N) is 3. The highest BCUT2D eigenvalue weighted by molar-refractivity contribution is 14.0. The number of halogens is 2. The fourth-order valence-corrected chi connectivity index (χ4v) is 2.84. The Morgan fingerprint density at radius 2 is 2.00 bits per heavy atom. The first-order valence-corrected chi connectivity index (χ1v) is 9.31. The van der Waals surface area contributed by atoms with E-state index in [1.807, 2.05) is 6.92 Å². The lowest BCUT2D eigenvalue weighted by Gasteiger charge is -2.41. The molecule has 1 aliphatic heterocycles. The van der Waals surface area contributed by atoms with E-state index in [4.69, 9.17) is 4.74 Å². The van der Waals surface area contributed by atoms with E-state index in [1.54, 1.807) is 12.1 Å². The standard InChI is InChI=1S/C19H30FN5O2.HI/c1-4-21-18(23-14-19(2,3)25-8-10-27-11-9-25)22-13-17(26)24-16-7-5-6-15(20)12-16;/h5-7,12H,4,8-11,13-14H2,1-3H3,(H,24,26)(H2,21,22,23);1H. The molecule has 3 N–H and O–H groups in total. The van der Waals surface area contributed by atoms with Crippen LogP contribution >= 0.6 is 24.0 Å². The predicted molar refractivity (Wildman–Crippen MR) is 121 cm³/mol. The van der Waals surface area contributed by atoms with Crippen LogP contribution in [-0.4, -0.2) is 68.2 Å². The van der Waals surface area contributed by atoms with Crippen molar-refractivity contribution in [3.05, 3.63) is 30.1 Å². The summed E-state index contributed by atoms with van der Waals surface area (Å²) < 4.78 is 18.6. The zero-order valence-electron chi connectivity index (χ0n) is 16.8. The van der Waals surface area contributed by atoms with Crippen molar-refractivity contribution in [3.8, 4) is 0 Å². The first-order chi connectivity index (χ1) is 12.9. The van der Waals surface area contributed by atoms with Gasteiger partial charge in [-0.25, -0.2) is 9.38 Å². The van der Waals surface area contributed by atoms with Crippen molar-refractivity contribution in [1.82, 2.24) is 15.5 Å². The number of nitrogens with zero attached hydrogens (tertiary/aromatic N) is 2. The van der Waals surface area contributed by atoms with E-state index in [1.165, 1.54) is 12.1 Å². The lowest BCUT2D eigenvalue weighted by molar-refractivity contribution is -0.114. The highest BCUT2D eigenvalue weighted by Crippen LogP contribution is 2.15. The largest absolute Gasteiger partial charge is 0.379 e. The van der Waals surface area contributed by atoms with E-state index in [9.17, 15) is 9.18 Å². The van der Waals surface area contributed by atoms with E-state index in [2.05, 4.69) is 39.7 Å². The van der Waals surface area contributed by atoms with Crippen molar-refractivity contribution in [2.45, 2.75) is 26.3 Å². The highest BCUT2D eigenvalue weighted by atomic mass is 127. The third kappa shape index (κ3) is 8.27. The summed E-state index contributed by atoms with van der Waals surface area (Å²) >= 11 is 0. The number of hydrogen-bond acceptors (Lipinski definition) is 4. The zero-order valence-corrected chi connectivity index (χ0v) is 19.1. The summed E-state index contributed by atoms with van der Waals surface area (Å²) in [7, 11) is 0. The number of carbonyl (C=O) groups is 1. The van der Waals surface area contributed by atoms with Gasteiger partial charge in [0.25, 0.3) is 0 Å². The van der Waals surface area contributed by atoms with Crippen LogP contribution < -0.4 is 16.0 Å². The molecule has 0 radical (unpaired) electrons. The van der Waals surface area contributed by atoms with Gasteiger partial charge < -0.3 is 20.7 Å².